The Hall–Kier alpha value is -1.57. The fourth-order valence-electron chi connectivity index (χ4n) is 1.42. The summed E-state index contributed by atoms with van der Waals surface area (Å²) in [6, 6.07) is 11.4. The van der Waals surface area contributed by atoms with Crippen molar-refractivity contribution in [2.24, 2.45) is 0 Å². The molecule has 0 spiro atoms. The third-order valence-corrected chi connectivity index (χ3v) is 2.13. The van der Waals surface area contributed by atoms with Crippen molar-refractivity contribution < 1.29 is 4.79 Å². The highest BCUT2D eigenvalue weighted by Crippen LogP contribution is 2.11. The van der Waals surface area contributed by atoms with Gasteiger partial charge in [0.05, 0.1) is 0 Å². The molecule has 60 valence electrons. The standard InChI is InChI=1S/C11H7BO/c12-11-9(7-13)6-5-8-3-1-2-4-10(8)11/h1-7H. The van der Waals surface area contributed by atoms with Crippen LogP contribution in [0.5, 0.6) is 0 Å². The lowest BCUT2D eigenvalue weighted by Crippen LogP contribution is -2.10. The zero-order valence-electron chi connectivity index (χ0n) is 7.03. The SMILES string of the molecule is [B]c1c(C=O)ccc2ccccc12. The molecular weight excluding hydrogens is 159 g/mol. The number of benzene rings is 2. The van der Waals surface area contributed by atoms with Crippen molar-refractivity contribution in [3.05, 3.63) is 42.0 Å². The van der Waals surface area contributed by atoms with Crippen molar-refractivity contribution in [3.63, 3.8) is 0 Å². The Kier molecular flexibility index (Phi) is 1.89. The number of carbonyl (C=O) groups excluding carboxylic acids is 1. The first-order chi connectivity index (χ1) is 6.33. The lowest BCUT2D eigenvalue weighted by atomic mass is 9.86. The first kappa shape index (κ1) is 8.05. The molecule has 0 aromatic heterocycles. The summed E-state index contributed by atoms with van der Waals surface area (Å²) >= 11 is 0. The quantitative estimate of drug-likeness (QED) is 0.462. The molecular formula is C11H7BO. The minimum absolute atomic E-state index is 0.554. The molecule has 0 N–H and O–H groups in total. The number of fused-ring (bicyclic) bond motifs is 1. The molecule has 2 radical (unpaired) electrons. The van der Waals surface area contributed by atoms with Gasteiger partial charge in [0.25, 0.3) is 0 Å². The van der Waals surface area contributed by atoms with Crippen molar-refractivity contribution in [3.8, 4) is 0 Å². The van der Waals surface area contributed by atoms with Crippen molar-refractivity contribution in [2.75, 3.05) is 0 Å². The van der Waals surface area contributed by atoms with Crippen LogP contribution in [0.4, 0.5) is 0 Å². The van der Waals surface area contributed by atoms with Crippen LogP contribution in [0.25, 0.3) is 10.8 Å². The number of hydrogen-bond donors (Lipinski definition) is 0. The zero-order valence-corrected chi connectivity index (χ0v) is 7.03. The number of rotatable bonds is 1. The summed E-state index contributed by atoms with van der Waals surface area (Å²) in [5.41, 5.74) is 1.12. The summed E-state index contributed by atoms with van der Waals surface area (Å²) < 4.78 is 0. The Labute approximate surface area is 77.8 Å². The maximum Gasteiger partial charge on any atom is 0.149 e. The third-order valence-electron chi connectivity index (χ3n) is 2.13. The minimum atomic E-state index is 0.554. The summed E-state index contributed by atoms with van der Waals surface area (Å²) in [6.45, 7) is 0. The van der Waals surface area contributed by atoms with Gasteiger partial charge in [-0.2, -0.15) is 0 Å². The van der Waals surface area contributed by atoms with Crippen LogP contribution >= 0.6 is 0 Å². The van der Waals surface area contributed by atoms with E-state index in [-0.39, 0.29) is 0 Å². The molecule has 0 bridgehead atoms. The molecule has 2 rings (SSSR count). The average Bonchev–Trinajstić information content (AvgIpc) is 2.19. The van der Waals surface area contributed by atoms with Crippen LogP contribution in [0.2, 0.25) is 0 Å². The van der Waals surface area contributed by atoms with E-state index in [9.17, 15) is 4.79 Å². The molecule has 0 heterocycles. The molecule has 13 heavy (non-hydrogen) atoms. The van der Waals surface area contributed by atoms with Gasteiger partial charge in [-0.25, -0.2) is 0 Å². The maximum absolute atomic E-state index is 10.6. The van der Waals surface area contributed by atoms with Crippen molar-refractivity contribution in [2.45, 2.75) is 0 Å². The van der Waals surface area contributed by atoms with Crippen LogP contribution in [0, 0.1) is 0 Å². The molecule has 0 unspecified atom stereocenters. The Morgan fingerprint density at radius 3 is 2.62 bits per heavy atom. The number of carbonyl (C=O) groups is 1. The average molecular weight is 166 g/mol. The van der Waals surface area contributed by atoms with Crippen LogP contribution in [0.3, 0.4) is 0 Å². The highest BCUT2D eigenvalue weighted by molar-refractivity contribution is 6.41. The Bertz CT molecular complexity index is 463. The first-order valence-electron chi connectivity index (χ1n) is 4.05. The van der Waals surface area contributed by atoms with E-state index in [0.717, 1.165) is 17.1 Å². The number of aldehydes is 1. The van der Waals surface area contributed by atoms with E-state index in [1.54, 1.807) is 6.07 Å². The van der Waals surface area contributed by atoms with Gasteiger partial charge < -0.3 is 0 Å². The predicted octanol–water partition coefficient (Wildman–Crippen LogP) is 1.45. The van der Waals surface area contributed by atoms with Gasteiger partial charge >= 0.3 is 0 Å². The van der Waals surface area contributed by atoms with Gasteiger partial charge in [0.1, 0.15) is 14.1 Å². The highest BCUT2D eigenvalue weighted by atomic mass is 16.1. The van der Waals surface area contributed by atoms with E-state index in [2.05, 4.69) is 0 Å². The number of hydrogen-bond acceptors (Lipinski definition) is 1. The van der Waals surface area contributed by atoms with E-state index in [1.807, 2.05) is 30.3 Å². The first-order valence-corrected chi connectivity index (χ1v) is 4.05. The van der Waals surface area contributed by atoms with Gasteiger partial charge in [0, 0.05) is 5.56 Å². The van der Waals surface area contributed by atoms with Gasteiger partial charge in [-0.15, -0.1) is 0 Å². The Morgan fingerprint density at radius 2 is 1.85 bits per heavy atom. The summed E-state index contributed by atoms with van der Waals surface area (Å²) in [5, 5.41) is 2.00. The van der Waals surface area contributed by atoms with Crippen molar-refractivity contribution >= 4 is 30.4 Å². The molecule has 0 amide bonds. The zero-order chi connectivity index (χ0) is 9.26. The minimum Gasteiger partial charge on any atom is -0.298 e. The Balaban J connectivity index is 2.86. The van der Waals surface area contributed by atoms with Gasteiger partial charge in [-0.05, 0) is 10.8 Å². The molecule has 0 aliphatic carbocycles. The van der Waals surface area contributed by atoms with E-state index in [0.29, 0.717) is 11.0 Å². The van der Waals surface area contributed by atoms with Gasteiger partial charge in [-0.1, -0.05) is 41.9 Å². The lowest BCUT2D eigenvalue weighted by molar-refractivity contribution is 0.112. The smallest absolute Gasteiger partial charge is 0.149 e. The van der Waals surface area contributed by atoms with E-state index in [4.69, 9.17) is 7.85 Å². The van der Waals surface area contributed by atoms with Gasteiger partial charge in [0.2, 0.25) is 0 Å². The second kappa shape index (κ2) is 3.06. The van der Waals surface area contributed by atoms with Crippen LogP contribution < -0.4 is 5.46 Å². The summed E-state index contributed by atoms with van der Waals surface area (Å²) in [6.07, 6.45) is 0.780. The van der Waals surface area contributed by atoms with Crippen LogP contribution in [-0.4, -0.2) is 14.1 Å². The van der Waals surface area contributed by atoms with Crippen molar-refractivity contribution in [1.82, 2.24) is 0 Å². The summed E-state index contributed by atoms with van der Waals surface area (Å²) in [5.74, 6) is 0. The molecule has 0 atom stereocenters. The third kappa shape index (κ3) is 1.24. The normalized spacial score (nSPS) is 10.2. The van der Waals surface area contributed by atoms with Crippen LogP contribution in [-0.2, 0) is 0 Å². The fraction of sp³-hybridized carbons (Fsp3) is 0. The van der Waals surface area contributed by atoms with E-state index >= 15 is 0 Å². The van der Waals surface area contributed by atoms with E-state index < -0.39 is 0 Å². The van der Waals surface area contributed by atoms with Gasteiger partial charge in [-0.3, -0.25) is 4.79 Å². The Morgan fingerprint density at radius 1 is 1.08 bits per heavy atom. The molecule has 0 aliphatic heterocycles. The van der Waals surface area contributed by atoms with Crippen LogP contribution in [0.1, 0.15) is 10.4 Å². The fourth-order valence-corrected chi connectivity index (χ4v) is 1.42. The molecule has 0 saturated carbocycles. The lowest BCUT2D eigenvalue weighted by Gasteiger charge is -2.03. The predicted molar refractivity (Wildman–Crippen MR) is 54.7 cm³/mol. The second-order valence-electron chi connectivity index (χ2n) is 2.91. The molecule has 0 fully saturated rings. The summed E-state index contributed by atoms with van der Waals surface area (Å²) in [7, 11) is 5.80. The summed E-state index contributed by atoms with van der Waals surface area (Å²) in [4.78, 5) is 10.6. The van der Waals surface area contributed by atoms with Crippen molar-refractivity contribution in [1.29, 1.82) is 0 Å². The molecule has 2 aromatic rings. The second-order valence-corrected chi connectivity index (χ2v) is 2.91. The molecule has 0 saturated heterocycles. The van der Waals surface area contributed by atoms with Crippen LogP contribution in [0.15, 0.2) is 36.4 Å². The molecule has 2 aromatic carbocycles. The molecule has 0 aliphatic rings. The molecule has 2 heteroatoms. The topological polar surface area (TPSA) is 17.1 Å². The largest absolute Gasteiger partial charge is 0.298 e. The molecule has 1 nitrogen and oxygen atoms in total. The maximum atomic E-state index is 10.6. The van der Waals surface area contributed by atoms with Gasteiger partial charge in [0.15, 0.2) is 0 Å². The highest BCUT2D eigenvalue weighted by Gasteiger charge is 2.00. The van der Waals surface area contributed by atoms with E-state index in [1.165, 1.54) is 0 Å². The monoisotopic (exact) mass is 166 g/mol.